The van der Waals surface area contributed by atoms with Crippen LogP contribution in [0.4, 0.5) is 5.69 Å². The van der Waals surface area contributed by atoms with Gasteiger partial charge < -0.3 is 15.1 Å². The van der Waals surface area contributed by atoms with E-state index in [9.17, 15) is 0 Å². The Balaban J connectivity index is 1.50. The molecule has 1 saturated heterocycles. The van der Waals surface area contributed by atoms with Crippen LogP contribution in [0, 0.1) is 0 Å². The third-order valence-corrected chi connectivity index (χ3v) is 4.34. The Hall–Kier alpha value is -1.13. The minimum Gasteiger partial charge on any atom is -0.373 e. The molecule has 3 rings (SSSR count). The molecule has 4 nitrogen and oxygen atoms in total. The summed E-state index contributed by atoms with van der Waals surface area (Å²) < 4.78 is 0. The summed E-state index contributed by atoms with van der Waals surface area (Å²) in [6.45, 7) is 5.73. The van der Waals surface area contributed by atoms with Crippen LogP contribution in [0.25, 0.3) is 0 Å². The normalized spacial score (nSPS) is 19.4. The first kappa shape index (κ1) is 13.8. The summed E-state index contributed by atoms with van der Waals surface area (Å²) in [6, 6.07) is 5.08. The average Bonchev–Trinajstić information content (AvgIpc) is 3.17. The summed E-state index contributed by atoms with van der Waals surface area (Å²) >= 11 is 0. The van der Waals surface area contributed by atoms with E-state index in [0.717, 1.165) is 24.8 Å². The molecule has 2 fully saturated rings. The molecule has 0 spiro atoms. The second kappa shape index (κ2) is 6.55. The van der Waals surface area contributed by atoms with Crippen molar-refractivity contribution in [3.8, 4) is 0 Å². The third-order valence-electron chi connectivity index (χ3n) is 4.34. The van der Waals surface area contributed by atoms with Crippen molar-refractivity contribution in [3.05, 3.63) is 24.0 Å². The lowest BCUT2D eigenvalue weighted by Gasteiger charge is -2.23. The van der Waals surface area contributed by atoms with E-state index in [0.29, 0.717) is 0 Å². The fourth-order valence-electron chi connectivity index (χ4n) is 2.76. The molecule has 0 radical (unpaired) electrons. The lowest BCUT2D eigenvalue weighted by atomic mass is 10.3. The van der Waals surface area contributed by atoms with E-state index in [1.165, 1.54) is 51.0 Å². The fourth-order valence-corrected chi connectivity index (χ4v) is 2.76. The summed E-state index contributed by atoms with van der Waals surface area (Å²) in [4.78, 5) is 9.37. The van der Waals surface area contributed by atoms with Crippen LogP contribution in [0.1, 0.15) is 31.4 Å². The van der Waals surface area contributed by atoms with Gasteiger partial charge in [0.25, 0.3) is 0 Å². The number of pyridine rings is 1. The van der Waals surface area contributed by atoms with Crippen molar-refractivity contribution in [1.82, 2.24) is 15.2 Å². The maximum Gasteiger partial charge on any atom is 0.0562 e. The molecular weight excluding hydrogens is 248 g/mol. The Kier molecular flexibility index (Phi) is 4.53. The van der Waals surface area contributed by atoms with E-state index < -0.39 is 0 Å². The van der Waals surface area contributed by atoms with Crippen molar-refractivity contribution in [1.29, 1.82) is 0 Å². The lowest BCUT2D eigenvalue weighted by Crippen LogP contribution is -2.31. The highest BCUT2D eigenvalue weighted by molar-refractivity contribution is 5.45. The number of likely N-dealkylation sites (tertiary alicyclic amines) is 1. The SMILES string of the molecule is CN(CCN1CCCC1)c1ccnc(CNC2CC2)c1. The lowest BCUT2D eigenvalue weighted by molar-refractivity contribution is 0.346. The van der Waals surface area contributed by atoms with Gasteiger partial charge in [0.05, 0.1) is 5.69 Å². The molecule has 2 heterocycles. The molecular formula is C16H26N4. The van der Waals surface area contributed by atoms with Gasteiger partial charge in [0, 0.05) is 44.6 Å². The van der Waals surface area contributed by atoms with Crippen molar-refractivity contribution < 1.29 is 0 Å². The van der Waals surface area contributed by atoms with Gasteiger partial charge in [-0.25, -0.2) is 0 Å². The van der Waals surface area contributed by atoms with Crippen LogP contribution in [0.3, 0.4) is 0 Å². The Morgan fingerprint density at radius 1 is 1.35 bits per heavy atom. The summed E-state index contributed by atoms with van der Waals surface area (Å²) in [7, 11) is 2.18. The molecule has 1 aliphatic carbocycles. The number of nitrogens with zero attached hydrogens (tertiary/aromatic N) is 3. The number of anilines is 1. The smallest absolute Gasteiger partial charge is 0.0562 e. The van der Waals surface area contributed by atoms with Gasteiger partial charge in [0.15, 0.2) is 0 Å². The maximum absolute atomic E-state index is 4.46. The highest BCUT2D eigenvalue weighted by Crippen LogP contribution is 2.20. The topological polar surface area (TPSA) is 31.4 Å². The molecule has 1 aromatic rings. The fraction of sp³-hybridized carbons (Fsp3) is 0.688. The molecule has 0 unspecified atom stereocenters. The van der Waals surface area contributed by atoms with Crippen molar-refractivity contribution >= 4 is 5.69 Å². The van der Waals surface area contributed by atoms with E-state index >= 15 is 0 Å². The first-order valence-corrected chi connectivity index (χ1v) is 7.93. The summed E-state index contributed by atoms with van der Waals surface area (Å²) in [5, 5.41) is 3.53. The van der Waals surface area contributed by atoms with Gasteiger partial charge in [-0.3, -0.25) is 4.98 Å². The quantitative estimate of drug-likeness (QED) is 0.822. The molecule has 1 aliphatic heterocycles. The number of nitrogens with one attached hydrogen (secondary N) is 1. The number of rotatable bonds is 7. The second-order valence-corrected chi connectivity index (χ2v) is 6.13. The first-order chi connectivity index (χ1) is 9.81. The molecule has 1 aromatic heterocycles. The molecule has 0 aromatic carbocycles. The largest absolute Gasteiger partial charge is 0.373 e. The molecule has 1 N–H and O–H groups in total. The average molecular weight is 274 g/mol. The van der Waals surface area contributed by atoms with Crippen molar-refractivity contribution in [2.75, 3.05) is 38.1 Å². The maximum atomic E-state index is 4.46. The van der Waals surface area contributed by atoms with Crippen LogP contribution in [0.5, 0.6) is 0 Å². The number of hydrogen-bond acceptors (Lipinski definition) is 4. The third kappa shape index (κ3) is 3.93. The molecule has 2 aliphatic rings. The van der Waals surface area contributed by atoms with Crippen LogP contribution in [-0.4, -0.2) is 49.2 Å². The molecule has 0 atom stereocenters. The van der Waals surface area contributed by atoms with Crippen LogP contribution < -0.4 is 10.2 Å². The summed E-state index contributed by atoms with van der Waals surface area (Å²) in [5.74, 6) is 0. The van der Waals surface area contributed by atoms with Crippen LogP contribution in [0.15, 0.2) is 18.3 Å². The van der Waals surface area contributed by atoms with Crippen LogP contribution in [0.2, 0.25) is 0 Å². The Morgan fingerprint density at radius 2 is 2.15 bits per heavy atom. The predicted octanol–water partition coefficient (Wildman–Crippen LogP) is 1.87. The Morgan fingerprint density at radius 3 is 2.90 bits per heavy atom. The minimum atomic E-state index is 0.744. The predicted molar refractivity (Wildman–Crippen MR) is 83.0 cm³/mol. The van der Waals surface area contributed by atoms with Crippen LogP contribution in [-0.2, 0) is 6.54 Å². The molecule has 4 heteroatoms. The Bertz CT molecular complexity index is 424. The van der Waals surface area contributed by atoms with Gasteiger partial charge in [-0.2, -0.15) is 0 Å². The summed E-state index contributed by atoms with van der Waals surface area (Å²) in [5.41, 5.74) is 2.44. The van der Waals surface area contributed by atoms with Gasteiger partial charge in [0.1, 0.15) is 0 Å². The Labute approximate surface area is 122 Å². The van der Waals surface area contributed by atoms with E-state index in [1.807, 2.05) is 6.20 Å². The monoisotopic (exact) mass is 274 g/mol. The number of likely N-dealkylation sites (N-methyl/N-ethyl adjacent to an activating group) is 1. The molecule has 0 bridgehead atoms. The van der Waals surface area contributed by atoms with Gasteiger partial charge in [-0.1, -0.05) is 0 Å². The van der Waals surface area contributed by atoms with E-state index in [4.69, 9.17) is 0 Å². The highest BCUT2D eigenvalue weighted by Gasteiger charge is 2.20. The molecule has 1 saturated carbocycles. The van der Waals surface area contributed by atoms with Crippen molar-refractivity contribution in [3.63, 3.8) is 0 Å². The first-order valence-electron chi connectivity index (χ1n) is 7.93. The zero-order chi connectivity index (χ0) is 13.8. The summed E-state index contributed by atoms with van der Waals surface area (Å²) in [6.07, 6.45) is 7.34. The molecule has 110 valence electrons. The van der Waals surface area contributed by atoms with Gasteiger partial charge in [-0.05, 0) is 50.9 Å². The van der Waals surface area contributed by atoms with E-state index in [1.54, 1.807) is 0 Å². The van der Waals surface area contributed by atoms with Gasteiger partial charge >= 0.3 is 0 Å². The number of hydrogen-bond donors (Lipinski definition) is 1. The van der Waals surface area contributed by atoms with Gasteiger partial charge in [0.2, 0.25) is 0 Å². The van der Waals surface area contributed by atoms with Crippen molar-refractivity contribution in [2.45, 2.75) is 38.3 Å². The van der Waals surface area contributed by atoms with E-state index in [2.05, 4.69) is 39.3 Å². The zero-order valence-electron chi connectivity index (χ0n) is 12.5. The second-order valence-electron chi connectivity index (χ2n) is 6.13. The molecule has 20 heavy (non-hydrogen) atoms. The van der Waals surface area contributed by atoms with Crippen LogP contribution >= 0.6 is 0 Å². The minimum absolute atomic E-state index is 0.744. The highest BCUT2D eigenvalue weighted by atomic mass is 15.2. The molecule has 0 amide bonds. The van der Waals surface area contributed by atoms with Gasteiger partial charge in [-0.15, -0.1) is 0 Å². The van der Waals surface area contributed by atoms with E-state index in [-0.39, 0.29) is 0 Å². The number of aromatic nitrogens is 1. The van der Waals surface area contributed by atoms with Crippen molar-refractivity contribution in [2.24, 2.45) is 0 Å². The zero-order valence-corrected chi connectivity index (χ0v) is 12.5. The standard InChI is InChI=1S/C16H26N4/c1-19(10-11-20-8-2-3-9-20)16-6-7-17-15(12-16)13-18-14-4-5-14/h6-7,12,14,18H,2-5,8-11,13H2,1H3.